The minimum Gasteiger partial charge on any atom is -0.493 e. The molecule has 0 N–H and O–H groups in total. The quantitative estimate of drug-likeness (QED) is 0.529. The minimum atomic E-state index is -0.230. The van der Waals surface area contributed by atoms with Gasteiger partial charge >= 0.3 is 0 Å². The lowest BCUT2D eigenvalue weighted by Gasteiger charge is -2.12. The zero-order chi connectivity index (χ0) is 17.0. The van der Waals surface area contributed by atoms with Crippen molar-refractivity contribution in [3.05, 3.63) is 44.1 Å². The van der Waals surface area contributed by atoms with Crippen LogP contribution < -0.4 is 14.2 Å². The summed E-state index contributed by atoms with van der Waals surface area (Å²) in [5.74, 6) is 1.28. The van der Waals surface area contributed by atoms with E-state index in [-0.39, 0.29) is 5.78 Å². The molecule has 0 radical (unpaired) electrons. The monoisotopic (exact) mass is 372 g/mol. The van der Waals surface area contributed by atoms with Gasteiger partial charge in [-0.1, -0.05) is 29.3 Å². The maximum absolute atomic E-state index is 12.2. The Morgan fingerprint density at radius 3 is 2.09 bits per heavy atom. The summed E-state index contributed by atoms with van der Waals surface area (Å²) in [7, 11) is 4.59. The summed E-state index contributed by atoms with van der Waals surface area (Å²) < 4.78 is 16.6. The molecule has 0 fully saturated rings. The number of benzene rings is 1. The lowest BCUT2D eigenvalue weighted by molar-refractivity contribution is 0.104. The van der Waals surface area contributed by atoms with Crippen LogP contribution in [0.2, 0.25) is 8.67 Å². The number of rotatable bonds is 6. The number of thiophene rings is 1. The highest BCUT2D eigenvalue weighted by Gasteiger charge is 2.14. The SMILES string of the molecule is COc1cc(/C=C/C(=O)c2cc(Cl)sc2Cl)cc(OC)c1OC. The first kappa shape index (κ1) is 17.7. The summed E-state index contributed by atoms with van der Waals surface area (Å²) in [5, 5.41) is 0. The Bertz CT molecular complexity index is 728. The maximum Gasteiger partial charge on any atom is 0.203 e. The molecule has 0 aliphatic heterocycles. The van der Waals surface area contributed by atoms with Crippen LogP contribution in [0.15, 0.2) is 24.3 Å². The molecule has 0 saturated heterocycles. The molecule has 0 unspecified atom stereocenters. The van der Waals surface area contributed by atoms with Crippen molar-refractivity contribution in [2.24, 2.45) is 0 Å². The van der Waals surface area contributed by atoms with Crippen LogP contribution in [0.3, 0.4) is 0 Å². The van der Waals surface area contributed by atoms with Gasteiger partial charge in [-0.3, -0.25) is 4.79 Å². The molecule has 122 valence electrons. The van der Waals surface area contributed by atoms with E-state index in [4.69, 9.17) is 37.4 Å². The zero-order valence-electron chi connectivity index (χ0n) is 12.7. The molecule has 0 spiro atoms. The Morgan fingerprint density at radius 1 is 1.04 bits per heavy atom. The smallest absolute Gasteiger partial charge is 0.203 e. The molecule has 0 aliphatic rings. The van der Waals surface area contributed by atoms with Crippen LogP contribution in [0.25, 0.3) is 6.08 Å². The minimum absolute atomic E-state index is 0.230. The lowest BCUT2D eigenvalue weighted by atomic mass is 10.1. The van der Waals surface area contributed by atoms with Crippen molar-refractivity contribution in [1.82, 2.24) is 0 Å². The largest absolute Gasteiger partial charge is 0.493 e. The lowest BCUT2D eigenvalue weighted by Crippen LogP contribution is -1.96. The molecule has 0 saturated carbocycles. The van der Waals surface area contributed by atoms with Gasteiger partial charge in [0, 0.05) is 0 Å². The number of halogens is 2. The van der Waals surface area contributed by atoms with Crippen LogP contribution >= 0.6 is 34.5 Å². The Balaban J connectivity index is 2.32. The molecule has 1 aromatic heterocycles. The van der Waals surface area contributed by atoms with Crippen LogP contribution in [0.4, 0.5) is 0 Å². The van der Waals surface area contributed by atoms with E-state index in [1.54, 1.807) is 24.3 Å². The van der Waals surface area contributed by atoms with Crippen molar-refractivity contribution in [3.63, 3.8) is 0 Å². The molecule has 2 aromatic rings. The second-order valence-corrected chi connectivity index (χ2v) is 6.68. The zero-order valence-corrected chi connectivity index (χ0v) is 15.0. The highest BCUT2D eigenvalue weighted by molar-refractivity contribution is 7.20. The van der Waals surface area contributed by atoms with Crippen molar-refractivity contribution in [1.29, 1.82) is 0 Å². The fraction of sp³-hybridized carbons (Fsp3) is 0.188. The van der Waals surface area contributed by atoms with Gasteiger partial charge in [-0.15, -0.1) is 11.3 Å². The molecular formula is C16H14Cl2O4S. The predicted molar refractivity (Wildman–Crippen MR) is 93.8 cm³/mol. The van der Waals surface area contributed by atoms with Gasteiger partial charge in [0.05, 0.1) is 31.2 Å². The van der Waals surface area contributed by atoms with Crippen LogP contribution in [-0.2, 0) is 0 Å². The first-order valence-electron chi connectivity index (χ1n) is 6.47. The average molecular weight is 373 g/mol. The highest BCUT2D eigenvalue weighted by atomic mass is 35.5. The number of carbonyl (C=O) groups excluding carboxylic acids is 1. The maximum atomic E-state index is 12.2. The van der Waals surface area contributed by atoms with Crippen molar-refractivity contribution in [2.75, 3.05) is 21.3 Å². The summed E-state index contributed by atoms with van der Waals surface area (Å²) in [5.41, 5.74) is 1.11. The molecule has 1 heterocycles. The second kappa shape index (κ2) is 7.73. The van der Waals surface area contributed by atoms with Crippen LogP contribution in [0.1, 0.15) is 15.9 Å². The Kier molecular flexibility index (Phi) is 5.93. The molecule has 0 bridgehead atoms. The normalized spacial score (nSPS) is 10.8. The van der Waals surface area contributed by atoms with Gasteiger partial charge in [0.1, 0.15) is 4.34 Å². The number of ether oxygens (including phenoxy) is 3. The van der Waals surface area contributed by atoms with Gasteiger partial charge < -0.3 is 14.2 Å². The molecule has 1 aromatic carbocycles. The van der Waals surface area contributed by atoms with E-state index in [1.165, 1.54) is 27.4 Å². The molecule has 7 heteroatoms. The van der Waals surface area contributed by atoms with E-state index in [2.05, 4.69) is 0 Å². The van der Waals surface area contributed by atoms with E-state index >= 15 is 0 Å². The molecule has 23 heavy (non-hydrogen) atoms. The average Bonchev–Trinajstić information content (AvgIpc) is 2.89. The topological polar surface area (TPSA) is 44.8 Å². The first-order chi connectivity index (χ1) is 11.0. The van der Waals surface area contributed by atoms with E-state index in [9.17, 15) is 4.79 Å². The van der Waals surface area contributed by atoms with Gasteiger partial charge in [0.2, 0.25) is 5.75 Å². The number of allylic oxidation sites excluding steroid dienone is 1. The summed E-state index contributed by atoms with van der Waals surface area (Å²) in [6.07, 6.45) is 3.07. The van der Waals surface area contributed by atoms with Crippen LogP contribution in [0.5, 0.6) is 17.2 Å². The summed E-state index contributed by atoms with van der Waals surface area (Å²) in [6, 6.07) is 5.04. The van der Waals surface area contributed by atoms with E-state index in [1.807, 2.05) is 0 Å². The summed E-state index contributed by atoms with van der Waals surface area (Å²) in [4.78, 5) is 12.2. The number of ketones is 1. The van der Waals surface area contributed by atoms with Crippen molar-refractivity contribution in [2.45, 2.75) is 0 Å². The van der Waals surface area contributed by atoms with Gasteiger partial charge in [0.25, 0.3) is 0 Å². The molecule has 2 rings (SSSR count). The number of methoxy groups -OCH3 is 3. The summed E-state index contributed by atoms with van der Waals surface area (Å²) >= 11 is 13.0. The number of carbonyl (C=O) groups is 1. The number of hydrogen-bond acceptors (Lipinski definition) is 5. The van der Waals surface area contributed by atoms with Gasteiger partial charge in [-0.05, 0) is 29.8 Å². The third kappa shape index (κ3) is 3.99. The molecular weight excluding hydrogens is 359 g/mol. The van der Waals surface area contributed by atoms with Gasteiger partial charge in [0.15, 0.2) is 17.3 Å². The van der Waals surface area contributed by atoms with Gasteiger partial charge in [-0.2, -0.15) is 0 Å². The Hall–Kier alpha value is -1.69. The van der Waals surface area contributed by atoms with Gasteiger partial charge in [-0.25, -0.2) is 0 Å². The van der Waals surface area contributed by atoms with E-state index < -0.39 is 0 Å². The molecule has 0 atom stereocenters. The Labute approximate surface area is 148 Å². The third-order valence-corrected chi connectivity index (χ3v) is 4.52. The van der Waals surface area contributed by atoms with Crippen molar-refractivity contribution >= 4 is 46.4 Å². The van der Waals surface area contributed by atoms with Crippen molar-refractivity contribution < 1.29 is 19.0 Å². The van der Waals surface area contributed by atoms with E-state index in [0.29, 0.717) is 31.5 Å². The first-order valence-corrected chi connectivity index (χ1v) is 8.04. The van der Waals surface area contributed by atoms with Crippen LogP contribution in [0, 0.1) is 0 Å². The van der Waals surface area contributed by atoms with Crippen molar-refractivity contribution in [3.8, 4) is 17.2 Å². The predicted octanol–water partition coefficient (Wildman–Crippen LogP) is 4.98. The molecule has 4 nitrogen and oxygen atoms in total. The highest BCUT2D eigenvalue weighted by Crippen LogP contribution is 2.38. The third-order valence-electron chi connectivity index (χ3n) is 3.04. The fourth-order valence-corrected chi connectivity index (χ4v) is 3.44. The Morgan fingerprint density at radius 2 is 1.65 bits per heavy atom. The number of hydrogen-bond donors (Lipinski definition) is 0. The van der Waals surface area contributed by atoms with Crippen LogP contribution in [-0.4, -0.2) is 27.1 Å². The summed E-state index contributed by atoms with van der Waals surface area (Å²) in [6.45, 7) is 0. The molecule has 0 aliphatic carbocycles. The standard InChI is InChI=1S/C16H14Cl2O4S/c1-20-12-6-9(7-13(21-2)15(12)22-3)4-5-11(19)10-8-14(17)23-16(10)18/h4-8H,1-3H3/b5-4+. The second-order valence-electron chi connectivity index (χ2n) is 4.39. The van der Waals surface area contributed by atoms with E-state index in [0.717, 1.165) is 16.9 Å². The molecule has 0 amide bonds. The fourth-order valence-electron chi connectivity index (χ4n) is 1.97.